The number of likely N-dealkylation sites (N-methyl/N-ethyl adjacent to an activating group) is 1. The number of halogens is 2. The lowest BCUT2D eigenvalue weighted by atomic mass is 10.0. The lowest BCUT2D eigenvalue weighted by Gasteiger charge is -2.18. The van der Waals surface area contributed by atoms with Gasteiger partial charge in [0.05, 0.1) is 11.0 Å². The van der Waals surface area contributed by atoms with Crippen LogP contribution in [0.15, 0.2) is 59.7 Å². The molecule has 0 saturated carbocycles. The molecule has 2 heterocycles. The molecule has 2 aromatic heterocycles. The zero-order valence-electron chi connectivity index (χ0n) is 21.8. The van der Waals surface area contributed by atoms with Crippen molar-refractivity contribution < 1.29 is 18.3 Å². The van der Waals surface area contributed by atoms with Crippen molar-refractivity contribution in [3.8, 4) is 16.9 Å². The van der Waals surface area contributed by atoms with Crippen molar-refractivity contribution in [2.75, 3.05) is 11.9 Å². The number of hydrogen-bond acceptors (Lipinski definition) is 5. The second-order valence-corrected chi connectivity index (χ2v) is 9.35. The highest BCUT2D eigenvalue weighted by Crippen LogP contribution is 2.34. The molecule has 0 radical (unpaired) electrons. The van der Waals surface area contributed by atoms with E-state index >= 15 is 4.39 Å². The van der Waals surface area contributed by atoms with Gasteiger partial charge < -0.3 is 9.64 Å². The Balaban J connectivity index is 1.52. The summed E-state index contributed by atoms with van der Waals surface area (Å²) in [6.45, 7) is 3.28. The molecular formula is C28H26F2N6O3. The summed E-state index contributed by atoms with van der Waals surface area (Å²) in [6.07, 6.45) is 1.39. The van der Waals surface area contributed by atoms with Crippen LogP contribution in [-0.4, -0.2) is 37.3 Å². The Kier molecular flexibility index (Phi) is 6.73. The summed E-state index contributed by atoms with van der Waals surface area (Å²) in [4.78, 5) is 31.7. The number of fused-ring (bicyclic) bond motifs is 1. The van der Waals surface area contributed by atoms with Crippen molar-refractivity contribution in [2.24, 2.45) is 7.05 Å². The van der Waals surface area contributed by atoms with Gasteiger partial charge >= 0.3 is 5.69 Å². The van der Waals surface area contributed by atoms with Crippen molar-refractivity contribution in [3.05, 3.63) is 93.9 Å². The van der Waals surface area contributed by atoms with E-state index < -0.39 is 17.3 Å². The highest BCUT2D eigenvalue weighted by atomic mass is 19.1. The first-order valence-electron chi connectivity index (χ1n) is 12.1. The van der Waals surface area contributed by atoms with E-state index in [-0.39, 0.29) is 30.3 Å². The van der Waals surface area contributed by atoms with Crippen LogP contribution in [0.25, 0.3) is 22.2 Å². The van der Waals surface area contributed by atoms with Crippen LogP contribution >= 0.6 is 0 Å². The third kappa shape index (κ3) is 4.90. The van der Waals surface area contributed by atoms with Crippen LogP contribution in [0.2, 0.25) is 0 Å². The highest BCUT2D eigenvalue weighted by molar-refractivity contribution is 5.96. The van der Waals surface area contributed by atoms with Crippen molar-refractivity contribution in [3.63, 3.8) is 0 Å². The lowest BCUT2D eigenvalue weighted by molar-refractivity contribution is -0.118. The second kappa shape index (κ2) is 10.2. The Labute approximate surface area is 222 Å². The van der Waals surface area contributed by atoms with Gasteiger partial charge in [-0.1, -0.05) is 17.7 Å². The van der Waals surface area contributed by atoms with Gasteiger partial charge in [-0.05, 0) is 61.4 Å². The van der Waals surface area contributed by atoms with E-state index in [0.29, 0.717) is 33.7 Å². The van der Waals surface area contributed by atoms with E-state index in [2.05, 4.69) is 15.2 Å². The summed E-state index contributed by atoms with van der Waals surface area (Å²) in [5.74, 6) is -1.25. The first-order valence-corrected chi connectivity index (χ1v) is 12.1. The number of H-pyrrole nitrogens is 1. The van der Waals surface area contributed by atoms with E-state index in [1.165, 1.54) is 45.6 Å². The van der Waals surface area contributed by atoms with Crippen LogP contribution in [0.4, 0.5) is 14.5 Å². The number of carbonyl (C=O) groups excluding carboxylic acids is 1. The fourth-order valence-corrected chi connectivity index (χ4v) is 4.56. The monoisotopic (exact) mass is 532 g/mol. The zero-order chi connectivity index (χ0) is 27.8. The molecule has 0 spiro atoms. The summed E-state index contributed by atoms with van der Waals surface area (Å²) in [5.41, 5.74) is 2.96. The highest BCUT2D eigenvalue weighted by Gasteiger charge is 2.22. The zero-order valence-corrected chi connectivity index (χ0v) is 21.8. The predicted molar refractivity (Wildman–Crippen MR) is 143 cm³/mol. The molecule has 0 unspecified atom stereocenters. The molecule has 1 N–H and O–H groups in total. The van der Waals surface area contributed by atoms with Gasteiger partial charge in [0.15, 0.2) is 17.4 Å². The lowest BCUT2D eigenvalue weighted by Crippen LogP contribution is -2.34. The first kappa shape index (κ1) is 25.8. The molecule has 0 fully saturated rings. The molecule has 200 valence electrons. The maximum Gasteiger partial charge on any atom is 0.329 e. The Morgan fingerprint density at radius 2 is 1.85 bits per heavy atom. The second-order valence-electron chi connectivity index (χ2n) is 9.35. The minimum Gasteiger partial charge on any atom is -0.482 e. The van der Waals surface area contributed by atoms with Crippen molar-refractivity contribution in [1.29, 1.82) is 0 Å². The predicted octanol–water partition coefficient (Wildman–Crippen LogP) is 4.26. The molecule has 39 heavy (non-hydrogen) atoms. The Bertz CT molecular complexity index is 1720. The quantitative estimate of drug-likeness (QED) is 0.338. The van der Waals surface area contributed by atoms with Crippen LogP contribution in [0.1, 0.15) is 17.0 Å². The third-order valence-corrected chi connectivity index (χ3v) is 6.64. The van der Waals surface area contributed by atoms with Crippen LogP contribution in [0, 0.1) is 25.5 Å². The Morgan fingerprint density at radius 3 is 2.51 bits per heavy atom. The summed E-state index contributed by atoms with van der Waals surface area (Å²) < 4.78 is 38.2. The fraction of sp³-hybridized carbons (Fsp3) is 0.214. The van der Waals surface area contributed by atoms with Gasteiger partial charge in [-0.3, -0.25) is 19.0 Å². The van der Waals surface area contributed by atoms with Gasteiger partial charge in [0.25, 0.3) is 0 Å². The number of nitrogens with one attached hydrogen (secondary N) is 1. The fourth-order valence-electron chi connectivity index (χ4n) is 4.56. The van der Waals surface area contributed by atoms with Gasteiger partial charge in [-0.2, -0.15) is 5.10 Å². The van der Waals surface area contributed by atoms with Crippen LogP contribution in [0.5, 0.6) is 5.75 Å². The van der Waals surface area contributed by atoms with E-state index in [1.54, 1.807) is 20.0 Å². The minimum absolute atomic E-state index is 0.0207. The van der Waals surface area contributed by atoms with Crippen molar-refractivity contribution in [1.82, 2.24) is 24.3 Å². The number of anilines is 1. The third-order valence-electron chi connectivity index (χ3n) is 6.64. The molecule has 0 bridgehead atoms. The molecule has 5 aromatic rings. The number of aromatic amines is 1. The first-order chi connectivity index (χ1) is 18.6. The Hall–Kier alpha value is -4.80. The average Bonchev–Trinajstić information content (AvgIpc) is 3.50. The summed E-state index contributed by atoms with van der Waals surface area (Å²) in [5, 5.41) is 6.45. The molecule has 11 heteroatoms. The van der Waals surface area contributed by atoms with Gasteiger partial charge in [0, 0.05) is 25.3 Å². The summed E-state index contributed by atoms with van der Waals surface area (Å²) >= 11 is 0. The maximum absolute atomic E-state index is 15.2. The van der Waals surface area contributed by atoms with E-state index in [1.807, 2.05) is 31.2 Å². The molecular weight excluding hydrogens is 506 g/mol. The van der Waals surface area contributed by atoms with Gasteiger partial charge in [-0.25, -0.2) is 18.6 Å². The van der Waals surface area contributed by atoms with Crippen LogP contribution in [-0.2, 0) is 25.0 Å². The van der Waals surface area contributed by atoms with Crippen LogP contribution < -0.4 is 15.3 Å². The normalized spacial score (nSPS) is 11.2. The minimum atomic E-state index is -0.655. The molecule has 0 aliphatic carbocycles. The maximum atomic E-state index is 15.2. The van der Waals surface area contributed by atoms with E-state index in [9.17, 15) is 14.0 Å². The van der Waals surface area contributed by atoms with Crippen molar-refractivity contribution in [2.45, 2.75) is 27.0 Å². The van der Waals surface area contributed by atoms with E-state index in [0.717, 1.165) is 5.56 Å². The van der Waals surface area contributed by atoms with E-state index in [4.69, 9.17) is 4.74 Å². The average molecular weight is 533 g/mol. The number of benzene rings is 3. The smallest absolute Gasteiger partial charge is 0.329 e. The topological polar surface area (TPSA) is 98.0 Å². The molecule has 3 aromatic carbocycles. The van der Waals surface area contributed by atoms with Crippen LogP contribution in [0.3, 0.4) is 0 Å². The number of aryl methyl sites for hydroxylation is 3. The number of aromatic nitrogens is 5. The number of imidazole rings is 1. The molecule has 0 saturated heterocycles. The van der Waals surface area contributed by atoms with Gasteiger partial charge in [-0.15, -0.1) is 0 Å². The molecule has 0 atom stereocenters. The largest absolute Gasteiger partial charge is 0.482 e. The number of rotatable bonds is 7. The molecule has 0 aliphatic rings. The number of amides is 1. The van der Waals surface area contributed by atoms with Crippen molar-refractivity contribution >= 4 is 22.6 Å². The molecule has 0 aliphatic heterocycles. The number of carbonyl (C=O) groups is 1. The van der Waals surface area contributed by atoms with Gasteiger partial charge in [0.1, 0.15) is 25.3 Å². The molecule has 5 rings (SSSR count). The number of ether oxygens (including phenoxy) is 1. The number of nitrogens with zero attached hydrogens (tertiary/aromatic N) is 5. The standard InChI is InChI=1S/C28H26F2N6O3/c1-16-5-7-20(8-6-16)34(3)25(37)13-36-23-12-19(29)11-21(26(23)35(4)28(36)38)18-9-17(2)27(22(30)10-18)39-14-24-31-15-32-33-24/h5-12,15H,13-14H2,1-4H3,(H,31,32,33). The molecule has 1 amide bonds. The molecule has 9 nitrogen and oxygen atoms in total. The Morgan fingerprint density at radius 1 is 1.10 bits per heavy atom. The summed E-state index contributed by atoms with van der Waals surface area (Å²) in [6, 6.07) is 12.7. The van der Waals surface area contributed by atoms with Gasteiger partial charge in [0.2, 0.25) is 5.91 Å². The number of hydrogen-bond donors (Lipinski definition) is 1. The SMILES string of the molecule is Cc1ccc(N(C)C(=O)Cn2c(=O)n(C)c3c(-c4cc(C)c(OCc5nc[nH]n5)c(F)c4)cc(F)cc32)cc1. The summed E-state index contributed by atoms with van der Waals surface area (Å²) in [7, 11) is 3.15.